The lowest BCUT2D eigenvalue weighted by Crippen LogP contribution is -2.01. The van der Waals surface area contributed by atoms with Gasteiger partial charge in [0, 0.05) is 10.4 Å². The largest absolute Gasteiger partial charge is 0.495 e. The lowest BCUT2D eigenvalue weighted by atomic mass is 10.0. The summed E-state index contributed by atoms with van der Waals surface area (Å²) in [6, 6.07) is 12.3. The van der Waals surface area contributed by atoms with Gasteiger partial charge in [0.2, 0.25) is 0 Å². The SMILES string of the molecule is COc1ccc(C(Br)Cc2cccc(C)c2)c(OC)c1Cl. The van der Waals surface area contributed by atoms with Gasteiger partial charge in [0.15, 0.2) is 0 Å². The molecule has 0 aliphatic heterocycles. The number of methoxy groups -OCH3 is 2. The normalized spacial score (nSPS) is 12.0. The second-order valence-corrected chi connectivity index (χ2v) is 6.35. The maximum atomic E-state index is 6.32. The first-order valence-corrected chi connectivity index (χ1v) is 7.96. The lowest BCUT2D eigenvalue weighted by Gasteiger charge is -2.17. The van der Waals surface area contributed by atoms with Crippen LogP contribution in [0.2, 0.25) is 5.02 Å². The number of halogens is 2. The maximum absolute atomic E-state index is 6.32. The molecule has 0 aliphatic rings. The van der Waals surface area contributed by atoms with Crippen LogP contribution in [0.25, 0.3) is 0 Å². The summed E-state index contributed by atoms with van der Waals surface area (Å²) in [5.41, 5.74) is 3.54. The van der Waals surface area contributed by atoms with Gasteiger partial charge in [0.05, 0.1) is 14.2 Å². The molecule has 0 amide bonds. The molecule has 112 valence electrons. The van der Waals surface area contributed by atoms with Crippen LogP contribution in [-0.4, -0.2) is 14.2 Å². The number of rotatable bonds is 5. The molecule has 0 N–H and O–H groups in total. The highest BCUT2D eigenvalue weighted by Gasteiger charge is 2.19. The van der Waals surface area contributed by atoms with Crippen LogP contribution in [0.5, 0.6) is 11.5 Å². The van der Waals surface area contributed by atoms with E-state index in [9.17, 15) is 0 Å². The Kier molecular flexibility index (Phi) is 5.54. The summed E-state index contributed by atoms with van der Waals surface area (Å²) >= 11 is 10.1. The van der Waals surface area contributed by atoms with Gasteiger partial charge < -0.3 is 9.47 Å². The average molecular weight is 370 g/mol. The number of hydrogen-bond acceptors (Lipinski definition) is 2. The van der Waals surface area contributed by atoms with Gasteiger partial charge in [0.1, 0.15) is 16.5 Å². The minimum absolute atomic E-state index is 0.123. The highest BCUT2D eigenvalue weighted by molar-refractivity contribution is 9.09. The van der Waals surface area contributed by atoms with E-state index in [2.05, 4.69) is 47.1 Å². The molecular formula is C17H18BrClO2. The summed E-state index contributed by atoms with van der Waals surface area (Å²) < 4.78 is 10.7. The molecule has 0 saturated heterocycles. The molecular weight excluding hydrogens is 352 g/mol. The first kappa shape index (κ1) is 16.2. The third-order valence-corrected chi connectivity index (χ3v) is 4.53. The van der Waals surface area contributed by atoms with Gasteiger partial charge >= 0.3 is 0 Å². The third kappa shape index (κ3) is 3.72. The van der Waals surface area contributed by atoms with Crippen molar-refractivity contribution in [3.8, 4) is 11.5 Å². The Morgan fingerprint density at radius 2 is 1.90 bits per heavy atom. The summed E-state index contributed by atoms with van der Waals surface area (Å²) in [5, 5.41) is 0.506. The molecule has 2 aromatic rings. The summed E-state index contributed by atoms with van der Waals surface area (Å²) in [4.78, 5) is 0.123. The quantitative estimate of drug-likeness (QED) is 0.662. The van der Waals surface area contributed by atoms with E-state index in [0.717, 1.165) is 12.0 Å². The van der Waals surface area contributed by atoms with Crippen LogP contribution < -0.4 is 9.47 Å². The highest BCUT2D eigenvalue weighted by atomic mass is 79.9. The smallest absolute Gasteiger partial charge is 0.145 e. The molecule has 2 nitrogen and oxygen atoms in total. The fraction of sp³-hybridized carbons (Fsp3) is 0.294. The average Bonchev–Trinajstić information content (AvgIpc) is 2.46. The first-order valence-electron chi connectivity index (χ1n) is 6.66. The molecule has 4 heteroatoms. The molecule has 1 unspecified atom stereocenters. The van der Waals surface area contributed by atoms with E-state index >= 15 is 0 Å². The van der Waals surface area contributed by atoms with Crippen molar-refractivity contribution in [2.24, 2.45) is 0 Å². The molecule has 0 bridgehead atoms. The fourth-order valence-electron chi connectivity index (χ4n) is 2.32. The van der Waals surface area contributed by atoms with E-state index in [1.807, 2.05) is 12.1 Å². The summed E-state index contributed by atoms with van der Waals surface area (Å²) in [6.45, 7) is 2.09. The number of alkyl halides is 1. The molecule has 0 fully saturated rings. The second kappa shape index (κ2) is 7.19. The molecule has 0 aliphatic carbocycles. The Morgan fingerprint density at radius 1 is 1.14 bits per heavy atom. The minimum Gasteiger partial charge on any atom is -0.495 e. The third-order valence-electron chi connectivity index (χ3n) is 3.35. The van der Waals surface area contributed by atoms with Crippen LogP contribution >= 0.6 is 27.5 Å². The van der Waals surface area contributed by atoms with Crippen molar-refractivity contribution < 1.29 is 9.47 Å². The molecule has 2 aromatic carbocycles. The van der Waals surface area contributed by atoms with Crippen LogP contribution in [0.3, 0.4) is 0 Å². The molecule has 0 heterocycles. The van der Waals surface area contributed by atoms with Crippen LogP contribution in [0, 0.1) is 6.92 Å². The highest BCUT2D eigenvalue weighted by Crippen LogP contribution is 2.42. The van der Waals surface area contributed by atoms with Crippen molar-refractivity contribution in [1.29, 1.82) is 0 Å². The molecule has 1 atom stereocenters. The van der Waals surface area contributed by atoms with E-state index < -0.39 is 0 Å². The van der Waals surface area contributed by atoms with E-state index in [-0.39, 0.29) is 4.83 Å². The van der Waals surface area contributed by atoms with Crippen LogP contribution in [0.1, 0.15) is 21.5 Å². The summed E-state index contributed by atoms with van der Waals surface area (Å²) in [6.07, 6.45) is 0.862. The number of aryl methyl sites for hydroxylation is 1. The summed E-state index contributed by atoms with van der Waals surface area (Å²) in [7, 11) is 3.22. The predicted octanol–water partition coefficient (Wildman–Crippen LogP) is 5.34. The molecule has 0 saturated carbocycles. The number of hydrogen-bond donors (Lipinski definition) is 0. The maximum Gasteiger partial charge on any atom is 0.145 e. The minimum atomic E-state index is 0.123. The zero-order valence-corrected chi connectivity index (χ0v) is 14.7. The Bertz CT molecular complexity index is 628. The Balaban J connectivity index is 2.30. The number of benzene rings is 2. The molecule has 0 radical (unpaired) electrons. The van der Waals surface area contributed by atoms with Gasteiger partial charge in [-0.25, -0.2) is 0 Å². The Morgan fingerprint density at radius 3 is 2.52 bits per heavy atom. The van der Waals surface area contributed by atoms with Crippen molar-refractivity contribution in [2.45, 2.75) is 18.2 Å². The predicted molar refractivity (Wildman–Crippen MR) is 91.1 cm³/mol. The Labute approximate surface area is 139 Å². The van der Waals surface area contributed by atoms with Gasteiger partial charge in [-0.15, -0.1) is 0 Å². The topological polar surface area (TPSA) is 18.5 Å². The van der Waals surface area contributed by atoms with E-state index in [0.29, 0.717) is 16.5 Å². The van der Waals surface area contributed by atoms with Gasteiger partial charge in [-0.3, -0.25) is 0 Å². The fourth-order valence-corrected chi connectivity index (χ4v) is 3.38. The van der Waals surface area contributed by atoms with E-state index in [4.69, 9.17) is 21.1 Å². The van der Waals surface area contributed by atoms with Crippen molar-refractivity contribution in [3.63, 3.8) is 0 Å². The standard InChI is InChI=1S/C17H18BrClO2/c1-11-5-4-6-12(9-11)10-14(18)13-7-8-15(20-2)16(19)17(13)21-3/h4-9,14H,10H2,1-3H3. The summed E-state index contributed by atoms with van der Waals surface area (Å²) in [5.74, 6) is 1.28. The van der Waals surface area contributed by atoms with Crippen molar-refractivity contribution >= 4 is 27.5 Å². The first-order chi connectivity index (χ1) is 10.1. The van der Waals surface area contributed by atoms with Crippen LogP contribution in [0.15, 0.2) is 36.4 Å². The van der Waals surface area contributed by atoms with Gasteiger partial charge in [-0.05, 0) is 25.0 Å². The van der Waals surface area contributed by atoms with E-state index in [1.165, 1.54) is 11.1 Å². The molecule has 21 heavy (non-hydrogen) atoms. The van der Waals surface area contributed by atoms with Crippen molar-refractivity contribution in [1.82, 2.24) is 0 Å². The van der Waals surface area contributed by atoms with Crippen molar-refractivity contribution in [3.05, 3.63) is 58.1 Å². The number of ether oxygens (including phenoxy) is 2. The Hall–Kier alpha value is -1.19. The second-order valence-electron chi connectivity index (χ2n) is 4.86. The van der Waals surface area contributed by atoms with Crippen LogP contribution in [0.4, 0.5) is 0 Å². The molecule has 2 rings (SSSR count). The van der Waals surface area contributed by atoms with Gasteiger partial charge in [-0.2, -0.15) is 0 Å². The molecule has 0 aromatic heterocycles. The zero-order chi connectivity index (χ0) is 15.4. The lowest BCUT2D eigenvalue weighted by molar-refractivity contribution is 0.391. The molecule has 0 spiro atoms. The van der Waals surface area contributed by atoms with E-state index in [1.54, 1.807) is 14.2 Å². The van der Waals surface area contributed by atoms with Gasteiger partial charge in [-0.1, -0.05) is 63.4 Å². The van der Waals surface area contributed by atoms with Crippen molar-refractivity contribution in [2.75, 3.05) is 14.2 Å². The zero-order valence-electron chi connectivity index (χ0n) is 12.3. The van der Waals surface area contributed by atoms with Crippen LogP contribution in [-0.2, 0) is 6.42 Å². The van der Waals surface area contributed by atoms with Gasteiger partial charge in [0.25, 0.3) is 0 Å². The monoisotopic (exact) mass is 368 g/mol.